The molecule has 2 aliphatic heterocycles. The molecule has 32 heavy (non-hydrogen) atoms. The summed E-state index contributed by atoms with van der Waals surface area (Å²) >= 11 is 5.96. The van der Waals surface area contributed by atoms with E-state index >= 15 is 0 Å². The van der Waals surface area contributed by atoms with E-state index in [1.807, 2.05) is 24.3 Å². The first-order chi connectivity index (χ1) is 15.4. The highest BCUT2D eigenvalue weighted by Crippen LogP contribution is 2.20. The van der Waals surface area contributed by atoms with E-state index < -0.39 is 10.0 Å². The van der Waals surface area contributed by atoms with Gasteiger partial charge in [-0.1, -0.05) is 17.7 Å². The van der Waals surface area contributed by atoms with Crippen LogP contribution in [0.15, 0.2) is 58.4 Å². The number of anilines is 2. The Morgan fingerprint density at radius 2 is 1.81 bits per heavy atom. The molecule has 0 bridgehead atoms. The molecule has 0 radical (unpaired) electrons. The number of benzene rings is 2. The molecule has 2 aromatic carbocycles. The summed E-state index contributed by atoms with van der Waals surface area (Å²) in [6.07, 6.45) is 1.48. The maximum absolute atomic E-state index is 12.6. The molecule has 0 atom stereocenters. The molecule has 0 aromatic heterocycles. The van der Waals surface area contributed by atoms with Crippen molar-refractivity contribution in [2.45, 2.75) is 17.7 Å². The van der Waals surface area contributed by atoms with Gasteiger partial charge in [-0.05, 0) is 48.9 Å². The lowest BCUT2D eigenvalue weighted by Crippen LogP contribution is -2.48. The second-order valence-corrected chi connectivity index (χ2v) is 9.97. The third kappa shape index (κ3) is 5.79. The minimum Gasteiger partial charge on any atom is -0.369 e. The third-order valence-electron chi connectivity index (χ3n) is 5.49. The number of carbonyl (C=O) groups is 1. The Morgan fingerprint density at radius 1 is 1.06 bits per heavy atom. The largest absolute Gasteiger partial charge is 0.369 e. The standard InChI is InChI=1S/C22H26ClN5O3S/c23-17-6-8-19(9-7-17)28-13-11-27(12-14-28)16-22(29)25-18-3-1-4-20(15-18)32(30,31)26-21-5-2-10-24-21/h1,3-4,6-9,15H,2,5,10-14,16H2,(H,24,26)(H,25,29). The fraction of sp³-hybridized carbons (Fsp3) is 0.364. The van der Waals surface area contributed by atoms with Crippen molar-refractivity contribution in [1.29, 1.82) is 0 Å². The molecule has 4 rings (SSSR count). The van der Waals surface area contributed by atoms with Crippen molar-refractivity contribution in [2.24, 2.45) is 4.99 Å². The van der Waals surface area contributed by atoms with Gasteiger partial charge in [0, 0.05) is 55.5 Å². The van der Waals surface area contributed by atoms with Gasteiger partial charge in [-0.3, -0.25) is 19.4 Å². The lowest BCUT2D eigenvalue weighted by atomic mass is 10.2. The highest BCUT2D eigenvalue weighted by molar-refractivity contribution is 7.90. The number of hydrogen-bond donors (Lipinski definition) is 2. The summed E-state index contributed by atoms with van der Waals surface area (Å²) in [6.45, 7) is 4.05. The molecule has 1 saturated heterocycles. The summed E-state index contributed by atoms with van der Waals surface area (Å²) < 4.78 is 27.7. The fourth-order valence-electron chi connectivity index (χ4n) is 3.80. The summed E-state index contributed by atoms with van der Waals surface area (Å²) in [5, 5.41) is 3.53. The number of piperazine rings is 1. The molecule has 10 heteroatoms. The number of rotatable bonds is 6. The quantitative estimate of drug-likeness (QED) is 0.669. The van der Waals surface area contributed by atoms with Gasteiger partial charge in [-0.25, -0.2) is 8.42 Å². The number of halogens is 1. The molecule has 2 aromatic rings. The molecule has 0 spiro atoms. The van der Waals surface area contributed by atoms with Crippen molar-refractivity contribution in [3.63, 3.8) is 0 Å². The van der Waals surface area contributed by atoms with Crippen molar-refractivity contribution >= 4 is 44.7 Å². The predicted octanol–water partition coefficient (Wildman–Crippen LogP) is 2.57. The molecule has 1 amide bonds. The minimum atomic E-state index is -3.72. The monoisotopic (exact) mass is 475 g/mol. The lowest BCUT2D eigenvalue weighted by Gasteiger charge is -2.35. The molecule has 1 fully saturated rings. The summed E-state index contributed by atoms with van der Waals surface area (Å²) in [7, 11) is -3.72. The van der Waals surface area contributed by atoms with Gasteiger partial charge in [0.1, 0.15) is 5.84 Å². The van der Waals surface area contributed by atoms with Crippen LogP contribution in [0.25, 0.3) is 0 Å². The van der Waals surface area contributed by atoms with Gasteiger partial charge < -0.3 is 10.2 Å². The van der Waals surface area contributed by atoms with Crippen LogP contribution in [0.3, 0.4) is 0 Å². The smallest absolute Gasteiger partial charge is 0.262 e. The summed E-state index contributed by atoms with van der Waals surface area (Å²) in [6, 6.07) is 14.0. The van der Waals surface area contributed by atoms with Gasteiger partial charge in [0.25, 0.3) is 10.0 Å². The average molecular weight is 476 g/mol. The topological polar surface area (TPSA) is 94.1 Å². The van der Waals surface area contributed by atoms with E-state index in [0.717, 1.165) is 38.3 Å². The van der Waals surface area contributed by atoms with Crippen LogP contribution in [0, 0.1) is 0 Å². The van der Waals surface area contributed by atoms with Gasteiger partial charge in [0.05, 0.1) is 11.4 Å². The van der Waals surface area contributed by atoms with Gasteiger partial charge >= 0.3 is 0 Å². The molecular formula is C22H26ClN5O3S. The Bertz CT molecular complexity index is 1100. The first-order valence-electron chi connectivity index (χ1n) is 10.6. The van der Waals surface area contributed by atoms with Crippen molar-refractivity contribution in [3.8, 4) is 0 Å². The first-order valence-corrected chi connectivity index (χ1v) is 12.4. The Hall–Kier alpha value is -2.62. The normalized spacial score (nSPS) is 17.2. The summed E-state index contributed by atoms with van der Waals surface area (Å²) in [5.74, 6) is 0.310. The van der Waals surface area contributed by atoms with Crippen molar-refractivity contribution < 1.29 is 13.2 Å². The Labute approximate surface area is 193 Å². The molecule has 0 unspecified atom stereocenters. The average Bonchev–Trinajstić information content (AvgIpc) is 3.27. The van der Waals surface area contributed by atoms with Crippen LogP contribution in [-0.4, -0.2) is 64.3 Å². The lowest BCUT2D eigenvalue weighted by molar-refractivity contribution is -0.117. The van der Waals surface area contributed by atoms with Crippen LogP contribution in [0.1, 0.15) is 12.8 Å². The van der Waals surface area contributed by atoms with Gasteiger partial charge in [0.2, 0.25) is 5.91 Å². The van der Waals surface area contributed by atoms with Crippen molar-refractivity contribution in [2.75, 3.05) is 49.5 Å². The molecule has 2 heterocycles. The first kappa shape index (κ1) is 22.6. The summed E-state index contributed by atoms with van der Waals surface area (Å²) in [4.78, 5) is 21.1. The second-order valence-electron chi connectivity index (χ2n) is 7.85. The Kier molecular flexibility index (Phi) is 6.98. The van der Waals surface area contributed by atoms with Gasteiger partial charge in [-0.15, -0.1) is 0 Å². The maximum atomic E-state index is 12.6. The predicted molar refractivity (Wildman–Crippen MR) is 127 cm³/mol. The highest BCUT2D eigenvalue weighted by Gasteiger charge is 2.21. The molecule has 170 valence electrons. The van der Waals surface area contributed by atoms with Crippen LogP contribution < -0.4 is 14.9 Å². The van der Waals surface area contributed by atoms with Crippen LogP contribution in [-0.2, 0) is 14.8 Å². The summed E-state index contributed by atoms with van der Waals surface area (Å²) in [5.41, 5.74) is 1.57. The SMILES string of the molecule is O=C(CN1CCN(c2ccc(Cl)cc2)CC1)Nc1cccc(S(=O)(=O)NC2=NCCC2)c1. The van der Waals surface area contributed by atoms with E-state index in [1.165, 1.54) is 12.1 Å². The molecule has 2 aliphatic rings. The highest BCUT2D eigenvalue weighted by atomic mass is 35.5. The van der Waals surface area contributed by atoms with E-state index in [-0.39, 0.29) is 17.3 Å². The van der Waals surface area contributed by atoms with Gasteiger partial charge in [0.15, 0.2) is 0 Å². The number of carbonyl (C=O) groups excluding carboxylic acids is 1. The third-order valence-corrected chi connectivity index (χ3v) is 7.12. The number of sulfonamides is 1. The zero-order valence-electron chi connectivity index (χ0n) is 17.6. The van der Waals surface area contributed by atoms with E-state index in [4.69, 9.17) is 11.6 Å². The van der Waals surface area contributed by atoms with Crippen LogP contribution >= 0.6 is 11.6 Å². The second kappa shape index (κ2) is 9.89. The Morgan fingerprint density at radius 3 is 2.50 bits per heavy atom. The van der Waals surface area contributed by atoms with E-state index in [9.17, 15) is 13.2 Å². The fourth-order valence-corrected chi connectivity index (χ4v) is 5.06. The van der Waals surface area contributed by atoms with E-state index in [0.29, 0.717) is 29.5 Å². The molecule has 0 saturated carbocycles. The maximum Gasteiger partial charge on any atom is 0.262 e. The number of nitrogens with one attached hydrogen (secondary N) is 2. The van der Waals surface area contributed by atoms with Crippen molar-refractivity contribution in [1.82, 2.24) is 9.62 Å². The number of amides is 1. The van der Waals surface area contributed by atoms with Gasteiger partial charge in [-0.2, -0.15) is 0 Å². The van der Waals surface area contributed by atoms with Crippen molar-refractivity contribution in [3.05, 3.63) is 53.6 Å². The number of aliphatic imine (C=N–C) groups is 1. The molecular weight excluding hydrogens is 450 g/mol. The molecule has 0 aliphatic carbocycles. The van der Waals surface area contributed by atoms with E-state index in [2.05, 4.69) is 24.8 Å². The van der Waals surface area contributed by atoms with Crippen LogP contribution in [0.4, 0.5) is 11.4 Å². The molecule has 2 N–H and O–H groups in total. The number of amidine groups is 1. The zero-order chi connectivity index (χ0) is 22.6. The number of nitrogens with zero attached hydrogens (tertiary/aromatic N) is 3. The van der Waals surface area contributed by atoms with E-state index in [1.54, 1.807) is 12.1 Å². The minimum absolute atomic E-state index is 0.0986. The zero-order valence-corrected chi connectivity index (χ0v) is 19.2. The Balaban J connectivity index is 1.30. The van der Waals surface area contributed by atoms with Crippen LogP contribution in [0.5, 0.6) is 0 Å². The van der Waals surface area contributed by atoms with Crippen LogP contribution in [0.2, 0.25) is 5.02 Å². The number of hydrogen-bond acceptors (Lipinski definition) is 6. The molecule has 8 nitrogen and oxygen atoms in total.